The molecule has 0 fully saturated rings. The molecule has 1 unspecified atom stereocenters. The quantitative estimate of drug-likeness (QED) is 0.397. The van der Waals surface area contributed by atoms with Gasteiger partial charge in [0.25, 0.3) is 6.47 Å². The van der Waals surface area contributed by atoms with Crippen molar-refractivity contribution in [1.82, 2.24) is 16.0 Å². The lowest BCUT2D eigenvalue weighted by atomic mass is 9.95. The summed E-state index contributed by atoms with van der Waals surface area (Å²) in [6, 6.07) is 6.97. The van der Waals surface area contributed by atoms with E-state index in [9.17, 15) is 14.7 Å². The van der Waals surface area contributed by atoms with Crippen molar-refractivity contribution in [2.24, 2.45) is 0 Å². The number of amides is 1. The molecule has 1 aliphatic heterocycles. The summed E-state index contributed by atoms with van der Waals surface area (Å²) in [7, 11) is 0. The third kappa shape index (κ3) is 9.13. The zero-order chi connectivity index (χ0) is 22.7. The summed E-state index contributed by atoms with van der Waals surface area (Å²) in [5.41, 5.74) is 2.42. The molecule has 0 aromatic heterocycles. The zero-order valence-electron chi connectivity index (χ0n) is 18.1. The fourth-order valence-electron chi connectivity index (χ4n) is 2.65. The van der Waals surface area contributed by atoms with Crippen molar-refractivity contribution >= 4 is 29.9 Å². The van der Waals surface area contributed by atoms with Crippen molar-refractivity contribution in [2.75, 3.05) is 13.2 Å². The van der Waals surface area contributed by atoms with Crippen molar-refractivity contribution in [1.29, 1.82) is 0 Å². The predicted molar refractivity (Wildman–Crippen MR) is 119 cm³/mol. The Morgan fingerprint density at radius 2 is 2.07 bits per heavy atom. The van der Waals surface area contributed by atoms with Gasteiger partial charge in [0, 0.05) is 18.7 Å². The zero-order valence-corrected chi connectivity index (χ0v) is 18.9. The van der Waals surface area contributed by atoms with E-state index in [1.807, 2.05) is 33.8 Å². The highest BCUT2D eigenvalue weighted by atomic mass is 32.1. The first kappa shape index (κ1) is 25.2. The highest BCUT2D eigenvalue weighted by Gasteiger charge is 2.24. The van der Waals surface area contributed by atoms with Crippen LogP contribution in [0.3, 0.4) is 0 Å². The van der Waals surface area contributed by atoms with E-state index in [2.05, 4.69) is 20.7 Å². The van der Waals surface area contributed by atoms with Crippen molar-refractivity contribution in [3.05, 3.63) is 41.1 Å². The minimum atomic E-state index is -0.520. The number of aromatic hydroxyl groups is 1. The fraction of sp³-hybridized carbons (Fsp3) is 0.476. The van der Waals surface area contributed by atoms with Crippen LogP contribution in [0.5, 0.6) is 5.75 Å². The number of phenolic OH excluding ortho intramolecular Hbond substituents is 1. The van der Waals surface area contributed by atoms with Crippen LogP contribution in [-0.2, 0) is 14.3 Å². The van der Waals surface area contributed by atoms with Crippen LogP contribution in [0.25, 0.3) is 0 Å². The summed E-state index contributed by atoms with van der Waals surface area (Å²) in [6.07, 6.45) is 0.161. The van der Waals surface area contributed by atoms with E-state index in [1.165, 1.54) is 0 Å². The Bertz CT molecular complexity index is 774. The fourth-order valence-corrected chi connectivity index (χ4v) is 2.90. The summed E-state index contributed by atoms with van der Waals surface area (Å²) in [4.78, 5) is 20.9. The van der Waals surface area contributed by atoms with Gasteiger partial charge in [-0.05, 0) is 70.1 Å². The third-order valence-electron chi connectivity index (χ3n) is 3.93. The van der Waals surface area contributed by atoms with Crippen LogP contribution >= 0.6 is 12.2 Å². The molecule has 1 aliphatic rings. The molecule has 166 valence electrons. The molecule has 0 aliphatic carbocycles. The van der Waals surface area contributed by atoms with Gasteiger partial charge >= 0.3 is 6.09 Å². The number of hydrogen-bond acceptors (Lipinski definition) is 6. The highest BCUT2D eigenvalue weighted by molar-refractivity contribution is 7.80. The summed E-state index contributed by atoms with van der Waals surface area (Å²) in [5.74, 6) is 0.213. The maximum absolute atomic E-state index is 11.7. The van der Waals surface area contributed by atoms with Gasteiger partial charge in [0.1, 0.15) is 11.4 Å². The molecule has 1 aromatic carbocycles. The van der Waals surface area contributed by atoms with Crippen molar-refractivity contribution in [3.63, 3.8) is 0 Å². The molecular formula is C21H31N3O5S. The second-order valence-electron chi connectivity index (χ2n) is 7.52. The van der Waals surface area contributed by atoms with Gasteiger partial charge in [0.2, 0.25) is 0 Å². The first-order valence-electron chi connectivity index (χ1n) is 9.65. The van der Waals surface area contributed by atoms with Gasteiger partial charge in [-0.2, -0.15) is 0 Å². The molecule has 0 radical (unpaired) electrons. The van der Waals surface area contributed by atoms with Crippen LogP contribution in [0, 0.1) is 0 Å². The van der Waals surface area contributed by atoms with Crippen LogP contribution in [0.2, 0.25) is 0 Å². The van der Waals surface area contributed by atoms with E-state index in [-0.39, 0.29) is 11.8 Å². The second-order valence-corrected chi connectivity index (χ2v) is 7.93. The van der Waals surface area contributed by atoms with Gasteiger partial charge < -0.3 is 30.5 Å². The molecular weight excluding hydrogens is 406 g/mol. The molecule has 0 spiro atoms. The Morgan fingerprint density at radius 1 is 1.37 bits per heavy atom. The Hall–Kier alpha value is -2.81. The van der Waals surface area contributed by atoms with Crippen LogP contribution in [0.15, 0.2) is 35.5 Å². The number of ether oxygens (including phenoxy) is 2. The normalized spacial score (nSPS) is 15.8. The second kappa shape index (κ2) is 12.0. The number of alkyl carbamates (subject to hydrolysis) is 1. The molecule has 4 N–H and O–H groups in total. The third-order valence-corrected chi connectivity index (χ3v) is 4.15. The minimum absolute atomic E-state index is 0.114. The molecule has 1 amide bonds. The van der Waals surface area contributed by atoms with Gasteiger partial charge in [-0.3, -0.25) is 4.79 Å². The predicted octanol–water partition coefficient (Wildman–Crippen LogP) is 3.28. The Labute approximate surface area is 183 Å². The van der Waals surface area contributed by atoms with Crippen molar-refractivity contribution < 1.29 is 24.2 Å². The molecule has 9 heteroatoms. The molecule has 1 heterocycles. The first-order chi connectivity index (χ1) is 14.1. The molecule has 30 heavy (non-hydrogen) atoms. The topological polar surface area (TPSA) is 109 Å². The number of phenols is 1. The Kier molecular flexibility index (Phi) is 10.1. The molecule has 1 atom stereocenters. The van der Waals surface area contributed by atoms with E-state index < -0.39 is 11.7 Å². The number of hydrogen-bond donors (Lipinski definition) is 4. The number of thiocarbonyl (C=S) groups is 1. The minimum Gasteiger partial charge on any atom is -0.508 e. The van der Waals surface area contributed by atoms with E-state index in [0.717, 1.165) is 16.8 Å². The maximum Gasteiger partial charge on any atom is 0.407 e. The van der Waals surface area contributed by atoms with E-state index in [4.69, 9.17) is 17.0 Å². The van der Waals surface area contributed by atoms with Gasteiger partial charge in [0.05, 0.1) is 12.6 Å². The van der Waals surface area contributed by atoms with Crippen LogP contribution < -0.4 is 16.0 Å². The highest BCUT2D eigenvalue weighted by Crippen LogP contribution is 2.28. The molecule has 2 rings (SSSR count). The molecule has 0 bridgehead atoms. The summed E-state index contributed by atoms with van der Waals surface area (Å²) in [6.45, 7) is 10.6. The Balaban J connectivity index is 0.000000804. The number of nitrogens with one attached hydrogen (secondary N) is 3. The van der Waals surface area contributed by atoms with Gasteiger partial charge in [0.15, 0.2) is 5.11 Å². The van der Waals surface area contributed by atoms with Gasteiger partial charge in [-0.15, -0.1) is 0 Å². The summed E-state index contributed by atoms with van der Waals surface area (Å²) < 4.78 is 9.38. The number of carbonyl (C=O) groups excluding carboxylic acids is 2. The standard InChI is InChI=1S/C18H25N3O3S.C3H6O2/c1-11-14(8-9-19-17(23)24-18(2,3)4)20-16(25)21-15(11)12-6-5-7-13(22)10-12;1-2-5-3-4/h5-7,10,15,22H,8-9H2,1-4H3,(H,19,23)(H2,20,21,25);3H,2H2,1H3. The molecule has 8 nitrogen and oxygen atoms in total. The largest absolute Gasteiger partial charge is 0.508 e. The van der Waals surface area contributed by atoms with Crippen molar-refractivity contribution in [2.45, 2.75) is 52.7 Å². The van der Waals surface area contributed by atoms with E-state index >= 15 is 0 Å². The lowest BCUT2D eigenvalue weighted by Crippen LogP contribution is -2.44. The van der Waals surface area contributed by atoms with Crippen LogP contribution in [0.4, 0.5) is 4.79 Å². The average Bonchev–Trinajstić information content (AvgIpc) is 2.64. The molecule has 1 aromatic rings. The number of benzene rings is 1. The maximum atomic E-state index is 11.7. The van der Waals surface area contributed by atoms with E-state index in [1.54, 1.807) is 25.1 Å². The average molecular weight is 438 g/mol. The summed E-state index contributed by atoms with van der Waals surface area (Å²) in [5, 5.41) is 19.3. The Morgan fingerprint density at radius 3 is 2.60 bits per heavy atom. The molecule has 0 saturated heterocycles. The smallest absolute Gasteiger partial charge is 0.407 e. The number of rotatable bonds is 6. The first-order valence-corrected chi connectivity index (χ1v) is 10.1. The lowest BCUT2D eigenvalue weighted by Gasteiger charge is -2.31. The van der Waals surface area contributed by atoms with Crippen LogP contribution in [-0.4, -0.2) is 41.5 Å². The van der Waals surface area contributed by atoms with Crippen molar-refractivity contribution in [3.8, 4) is 5.75 Å². The number of carbonyl (C=O) groups is 2. The van der Waals surface area contributed by atoms with Gasteiger partial charge in [-0.1, -0.05) is 12.1 Å². The monoisotopic (exact) mass is 437 g/mol. The van der Waals surface area contributed by atoms with E-state index in [0.29, 0.717) is 31.2 Å². The lowest BCUT2D eigenvalue weighted by molar-refractivity contribution is -0.128. The SMILES string of the molecule is CC1=C(CCNC(=O)OC(C)(C)C)NC(=S)NC1c1cccc(O)c1.CCOC=O. The molecule has 0 saturated carbocycles. The summed E-state index contributed by atoms with van der Waals surface area (Å²) >= 11 is 5.29. The van der Waals surface area contributed by atoms with Crippen LogP contribution in [0.1, 0.15) is 52.6 Å². The van der Waals surface area contributed by atoms with Gasteiger partial charge in [-0.25, -0.2) is 4.79 Å².